The molecule has 2 saturated carbocycles. The molecule has 6 heteroatoms. The minimum absolute atomic E-state index is 0.135. The van der Waals surface area contributed by atoms with Crippen molar-refractivity contribution in [3.05, 3.63) is 0 Å². The van der Waals surface area contributed by atoms with E-state index in [0.29, 0.717) is 31.6 Å². The van der Waals surface area contributed by atoms with Gasteiger partial charge in [-0.3, -0.25) is 0 Å². The van der Waals surface area contributed by atoms with Crippen molar-refractivity contribution in [1.82, 2.24) is 4.72 Å². The molecule has 0 radical (unpaired) electrons. The van der Waals surface area contributed by atoms with E-state index in [1.54, 1.807) is 0 Å². The standard InChI is InChI=1S/C15H27NO4S/c17-21(18,15-10-12-4-5-13(15)9-12)16-6-2-7-19-11-14-3-1-8-20-14/h12-16H,1-11H2/t12-,13-,14-,15-/m0/s1. The van der Waals surface area contributed by atoms with Gasteiger partial charge < -0.3 is 9.47 Å². The third kappa shape index (κ3) is 3.97. The summed E-state index contributed by atoms with van der Waals surface area (Å²) in [7, 11) is -3.12. The third-order valence-corrected chi connectivity index (χ3v) is 7.15. The molecule has 0 aromatic heterocycles. The molecule has 122 valence electrons. The highest BCUT2D eigenvalue weighted by Crippen LogP contribution is 2.47. The second kappa shape index (κ2) is 6.94. The van der Waals surface area contributed by atoms with Crippen LogP contribution >= 0.6 is 0 Å². The average Bonchev–Trinajstić information content (AvgIpc) is 3.19. The number of hydrogen-bond donors (Lipinski definition) is 1. The first-order chi connectivity index (χ1) is 10.1. The Bertz CT molecular complexity index is 433. The van der Waals surface area contributed by atoms with Gasteiger partial charge in [0.1, 0.15) is 0 Å². The second-order valence-electron chi connectivity index (χ2n) is 6.72. The first-order valence-electron chi connectivity index (χ1n) is 8.33. The van der Waals surface area contributed by atoms with Gasteiger partial charge in [0.05, 0.1) is 18.0 Å². The van der Waals surface area contributed by atoms with Crippen molar-refractivity contribution in [3.63, 3.8) is 0 Å². The van der Waals surface area contributed by atoms with E-state index in [1.165, 1.54) is 6.42 Å². The fourth-order valence-corrected chi connectivity index (χ4v) is 5.98. The molecule has 2 aliphatic carbocycles. The van der Waals surface area contributed by atoms with E-state index >= 15 is 0 Å². The van der Waals surface area contributed by atoms with Gasteiger partial charge in [0.25, 0.3) is 0 Å². The monoisotopic (exact) mass is 317 g/mol. The molecule has 0 unspecified atom stereocenters. The lowest BCUT2D eigenvalue weighted by molar-refractivity contribution is 0.0169. The van der Waals surface area contributed by atoms with Crippen molar-refractivity contribution in [2.45, 2.75) is 56.3 Å². The highest BCUT2D eigenvalue weighted by Gasteiger charge is 2.45. The van der Waals surface area contributed by atoms with Crippen LogP contribution in [-0.4, -0.2) is 46.1 Å². The molecular formula is C15H27NO4S. The highest BCUT2D eigenvalue weighted by atomic mass is 32.2. The Hall–Kier alpha value is -0.170. The summed E-state index contributed by atoms with van der Waals surface area (Å²) in [6.07, 6.45) is 7.50. The summed E-state index contributed by atoms with van der Waals surface area (Å²) in [6.45, 7) is 2.57. The molecule has 3 aliphatic rings. The molecule has 0 amide bonds. The van der Waals surface area contributed by atoms with Crippen molar-refractivity contribution < 1.29 is 17.9 Å². The van der Waals surface area contributed by atoms with Gasteiger partial charge in [0, 0.05) is 19.8 Å². The van der Waals surface area contributed by atoms with Gasteiger partial charge in [0.15, 0.2) is 0 Å². The Labute approximate surface area is 127 Å². The summed E-state index contributed by atoms with van der Waals surface area (Å²) in [4.78, 5) is 0. The van der Waals surface area contributed by atoms with Gasteiger partial charge in [-0.05, 0) is 50.4 Å². The molecule has 1 N–H and O–H groups in total. The fourth-order valence-electron chi connectivity index (χ4n) is 4.05. The molecule has 0 spiro atoms. The largest absolute Gasteiger partial charge is 0.379 e. The van der Waals surface area contributed by atoms with Crippen LogP contribution < -0.4 is 4.72 Å². The number of nitrogens with one attached hydrogen (secondary N) is 1. The summed E-state index contributed by atoms with van der Waals surface area (Å²) in [6, 6.07) is 0. The zero-order chi connectivity index (χ0) is 14.7. The van der Waals surface area contributed by atoms with Crippen LogP contribution in [0.3, 0.4) is 0 Å². The van der Waals surface area contributed by atoms with E-state index in [0.717, 1.165) is 45.1 Å². The van der Waals surface area contributed by atoms with E-state index in [1.807, 2.05) is 0 Å². The normalized spacial score (nSPS) is 35.6. The van der Waals surface area contributed by atoms with Gasteiger partial charge in [-0.15, -0.1) is 0 Å². The highest BCUT2D eigenvalue weighted by molar-refractivity contribution is 7.90. The Morgan fingerprint density at radius 3 is 2.76 bits per heavy atom. The summed E-state index contributed by atoms with van der Waals surface area (Å²) < 4.78 is 38.4. The molecule has 4 atom stereocenters. The molecule has 5 nitrogen and oxygen atoms in total. The smallest absolute Gasteiger partial charge is 0.214 e. The topological polar surface area (TPSA) is 64.6 Å². The first kappa shape index (κ1) is 15.7. The van der Waals surface area contributed by atoms with Crippen molar-refractivity contribution in [2.24, 2.45) is 11.8 Å². The zero-order valence-corrected chi connectivity index (χ0v) is 13.4. The summed E-state index contributed by atoms with van der Waals surface area (Å²) >= 11 is 0. The van der Waals surface area contributed by atoms with Crippen LogP contribution in [0.5, 0.6) is 0 Å². The Morgan fingerprint density at radius 1 is 1.19 bits per heavy atom. The van der Waals surface area contributed by atoms with Gasteiger partial charge in [-0.2, -0.15) is 0 Å². The maximum absolute atomic E-state index is 12.3. The molecule has 0 aromatic rings. The predicted octanol–water partition coefficient (Wildman–Crippen LogP) is 1.68. The first-order valence-corrected chi connectivity index (χ1v) is 9.87. The lowest BCUT2D eigenvalue weighted by atomic mass is 10.0. The van der Waals surface area contributed by atoms with Crippen LogP contribution in [0.25, 0.3) is 0 Å². The minimum Gasteiger partial charge on any atom is -0.379 e. The molecule has 21 heavy (non-hydrogen) atoms. The van der Waals surface area contributed by atoms with Crippen LogP contribution in [0.2, 0.25) is 0 Å². The van der Waals surface area contributed by atoms with E-state index in [-0.39, 0.29) is 11.4 Å². The van der Waals surface area contributed by atoms with Crippen LogP contribution in [-0.2, 0) is 19.5 Å². The van der Waals surface area contributed by atoms with Gasteiger partial charge >= 0.3 is 0 Å². The van der Waals surface area contributed by atoms with Crippen molar-refractivity contribution in [1.29, 1.82) is 0 Å². The number of fused-ring (bicyclic) bond motifs is 2. The van der Waals surface area contributed by atoms with Gasteiger partial charge in [-0.25, -0.2) is 13.1 Å². The maximum Gasteiger partial charge on any atom is 0.214 e. The molecule has 1 aliphatic heterocycles. The van der Waals surface area contributed by atoms with Crippen molar-refractivity contribution in [2.75, 3.05) is 26.4 Å². The average molecular weight is 317 g/mol. The van der Waals surface area contributed by atoms with Gasteiger partial charge in [0.2, 0.25) is 10.0 Å². The lowest BCUT2D eigenvalue weighted by Crippen LogP contribution is -2.38. The fraction of sp³-hybridized carbons (Fsp3) is 1.00. The quantitative estimate of drug-likeness (QED) is 0.692. The SMILES string of the molecule is O=S(=O)(NCCCOC[C@@H]1CCCO1)[C@H]1C[C@H]2CC[C@H]1C2. The van der Waals surface area contributed by atoms with Gasteiger partial charge in [-0.1, -0.05) is 6.42 Å². The summed E-state index contributed by atoms with van der Waals surface area (Å²) in [5.74, 6) is 1.06. The third-order valence-electron chi connectivity index (χ3n) is 5.17. The number of ether oxygens (including phenoxy) is 2. The number of sulfonamides is 1. The van der Waals surface area contributed by atoms with E-state index < -0.39 is 10.0 Å². The molecule has 3 fully saturated rings. The lowest BCUT2D eigenvalue weighted by Gasteiger charge is -2.22. The molecule has 1 heterocycles. The Balaban J connectivity index is 1.29. The van der Waals surface area contributed by atoms with Crippen LogP contribution in [0.1, 0.15) is 44.9 Å². The van der Waals surface area contributed by atoms with E-state index in [4.69, 9.17) is 9.47 Å². The van der Waals surface area contributed by atoms with Crippen LogP contribution in [0.15, 0.2) is 0 Å². The number of hydrogen-bond acceptors (Lipinski definition) is 4. The molecule has 1 saturated heterocycles. The second-order valence-corrected chi connectivity index (χ2v) is 8.70. The molecule has 0 aromatic carbocycles. The van der Waals surface area contributed by atoms with E-state index in [2.05, 4.69) is 4.72 Å². The van der Waals surface area contributed by atoms with Crippen molar-refractivity contribution >= 4 is 10.0 Å². The Kier molecular flexibility index (Phi) is 5.19. The Morgan fingerprint density at radius 2 is 2.10 bits per heavy atom. The van der Waals surface area contributed by atoms with Crippen molar-refractivity contribution in [3.8, 4) is 0 Å². The van der Waals surface area contributed by atoms with E-state index in [9.17, 15) is 8.42 Å². The van der Waals surface area contributed by atoms with Crippen LogP contribution in [0.4, 0.5) is 0 Å². The number of rotatable bonds is 8. The summed E-state index contributed by atoms with van der Waals surface area (Å²) in [5.41, 5.74) is 0. The summed E-state index contributed by atoms with van der Waals surface area (Å²) in [5, 5.41) is -0.135. The molecular weight excluding hydrogens is 290 g/mol. The maximum atomic E-state index is 12.3. The molecule has 3 rings (SSSR count). The predicted molar refractivity (Wildman–Crippen MR) is 80.6 cm³/mol. The molecule has 2 bridgehead atoms. The minimum atomic E-state index is -3.12. The van der Waals surface area contributed by atoms with Crippen LogP contribution in [0, 0.1) is 11.8 Å². The zero-order valence-electron chi connectivity index (χ0n) is 12.6.